The van der Waals surface area contributed by atoms with Crippen LogP contribution >= 0.6 is 15.9 Å². The molecule has 9 aromatic rings. The number of fused-ring (bicyclic) bond motifs is 6. The van der Waals surface area contributed by atoms with Gasteiger partial charge in [0.25, 0.3) is 0 Å². The highest BCUT2D eigenvalue weighted by Gasteiger charge is 2.47. The van der Waals surface area contributed by atoms with Crippen molar-refractivity contribution < 1.29 is 0 Å². The molecule has 0 radical (unpaired) electrons. The van der Waals surface area contributed by atoms with E-state index in [2.05, 4.69) is 215 Å². The maximum absolute atomic E-state index is 3.62. The average molecular weight is 715 g/mol. The lowest BCUT2D eigenvalue weighted by molar-refractivity contribution is 0.768. The summed E-state index contributed by atoms with van der Waals surface area (Å²) in [5.41, 5.74) is 15.7. The Morgan fingerprint density at radius 1 is 0.392 bits per heavy atom. The van der Waals surface area contributed by atoms with Crippen molar-refractivity contribution in [3.63, 3.8) is 0 Å². The predicted molar refractivity (Wildman–Crippen MR) is 217 cm³/mol. The topological polar surface area (TPSA) is 4.93 Å². The normalized spacial score (nSPS) is 13.0. The van der Waals surface area contributed by atoms with Crippen molar-refractivity contribution in [3.05, 3.63) is 221 Å². The molecule has 1 aliphatic carbocycles. The van der Waals surface area contributed by atoms with E-state index in [1.165, 1.54) is 83.1 Å². The third kappa shape index (κ3) is 4.46. The van der Waals surface area contributed by atoms with Crippen molar-refractivity contribution in [2.75, 3.05) is 0 Å². The molecule has 10 rings (SSSR count). The number of para-hydroxylation sites is 1. The third-order valence-corrected chi connectivity index (χ3v) is 11.3. The van der Waals surface area contributed by atoms with Crippen LogP contribution in [0.2, 0.25) is 0 Å². The van der Waals surface area contributed by atoms with Gasteiger partial charge in [-0.15, -0.1) is 0 Å². The van der Waals surface area contributed by atoms with Gasteiger partial charge in [0, 0.05) is 20.8 Å². The van der Waals surface area contributed by atoms with E-state index in [1.54, 1.807) is 0 Å². The van der Waals surface area contributed by atoms with Crippen LogP contribution in [0, 0.1) is 0 Å². The summed E-state index contributed by atoms with van der Waals surface area (Å²) in [6, 6.07) is 71.3. The van der Waals surface area contributed by atoms with E-state index >= 15 is 0 Å². The minimum Gasteiger partial charge on any atom is -0.309 e. The Morgan fingerprint density at radius 2 is 0.941 bits per heavy atom. The van der Waals surface area contributed by atoms with Gasteiger partial charge in [-0.25, -0.2) is 0 Å². The number of hydrogen-bond donors (Lipinski definition) is 0. The summed E-state index contributed by atoms with van der Waals surface area (Å²) in [5.74, 6) is 0. The molecule has 0 saturated heterocycles. The van der Waals surface area contributed by atoms with Crippen LogP contribution in [0.25, 0.3) is 60.9 Å². The Kier molecular flexibility index (Phi) is 6.94. The number of rotatable bonds is 5. The van der Waals surface area contributed by atoms with Crippen molar-refractivity contribution in [1.29, 1.82) is 0 Å². The predicted octanol–water partition coefficient (Wildman–Crippen LogP) is 13.2. The highest BCUT2D eigenvalue weighted by atomic mass is 79.9. The van der Waals surface area contributed by atoms with E-state index in [9.17, 15) is 0 Å². The molecule has 0 N–H and O–H groups in total. The smallest absolute Gasteiger partial charge is 0.0714 e. The monoisotopic (exact) mass is 713 g/mol. The molecule has 1 nitrogen and oxygen atoms in total. The molecular formula is C49H32BrN. The number of hydrogen-bond acceptors (Lipinski definition) is 0. The fourth-order valence-electron chi connectivity index (χ4n) is 8.67. The fourth-order valence-corrected chi connectivity index (χ4v) is 8.94. The molecule has 1 aromatic heterocycles. The van der Waals surface area contributed by atoms with Gasteiger partial charge in [0.2, 0.25) is 0 Å². The van der Waals surface area contributed by atoms with Crippen LogP contribution in [0.4, 0.5) is 0 Å². The summed E-state index contributed by atoms with van der Waals surface area (Å²) >= 11 is 3.62. The first-order valence-corrected chi connectivity index (χ1v) is 18.3. The Bertz CT molecular complexity index is 2700. The molecule has 0 saturated carbocycles. The van der Waals surface area contributed by atoms with Gasteiger partial charge in [-0.3, -0.25) is 0 Å². The summed E-state index contributed by atoms with van der Waals surface area (Å²) in [7, 11) is 0. The van der Waals surface area contributed by atoms with E-state index in [4.69, 9.17) is 0 Å². The van der Waals surface area contributed by atoms with Crippen molar-refractivity contribution in [1.82, 2.24) is 4.57 Å². The quantitative estimate of drug-likeness (QED) is 0.167. The SMILES string of the molecule is Brc1ccc(-c2ccccc2-c2ccc3c4ccccc4n(-c4cccc5c4-c4ccccc4C5(c4ccccc4)c4ccccc4)c3c2)cc1. The maximum Gasteiger partial charge on any atom is 0.0714 e. The lowest BCUT2D eigenvalue weighted by Crippen LogP contribution is -2.28. The van der Waals surface area contributed by atoms with Crippen molar-refractivity contribution in [2.45, 2.75) is 5.41 Å². The first kappa shape index (κ1) is 29.9. The van der Waals surface area contributed by atoms with Crippen LogP contribution in [0.15, 0.2) is 199 Å². The average Bonchev–Trinajstić information content (AvgIpc) is 3.69. The van der Waals surface area contributed by atoms with Crippen LogP contribution in [0.3, 0.4) is 0 Å². The number of aromatic nitrogens is 1. The molecule has 0 bridgehead atoms. The van der Waals surface area contributed by atoms with Gasteiger partial charge < -0.3 is 4.57 Å². The Balaban J connectivity index is 1.29. The molecule has 0 unspecified atom stereocenters. The number of halogens is 1. The number of benzene rings is 8. The minimum atomic E-state index is -0.460. The molecule has 0 atom stereocenters. The van der Waals surface area contributed by atoms with Gasteiger partial charge in [-0.1, -0.05) is 180 Å². The maximum atomic E-state index is 3.62. The molecule has 1 heterocycles. The zero-order valence-electron chi connectivity index (χ0n) is 27.8. The largest absolute Gasteiger partial charge is 0.309 e. The Morgan fingerprint density at radius 3 is 1.67 bits per heavy atom. The fraction of sp³-hybridized carbons (Fsp3) is 0.0204. The van der Waals surface area contributed by atoms with E-state index in [1.807, 2.05) is 0 Å². The Labute approximate surface area is 306 Å². The zero-order valence-corrected chi connectivity index (χ0v) is 29.4. The van der Waals surface area contributed by atoms with Crippen LogP contribution < -0.4 is 0 Å². The van der Waals surface area contributed by atoms with E-state index in [0.717, 1.165) is 4.47 Å². The first-order valence-electron chi connectivity index (χ1n) is 17.5. The summed E-state index contributed by atoms with van der Waals surface area (Å²) in [6.45, 7) is 0. The summed E-state index contributed by atoms with van der Waals surface area (Å²) < 4.78 is 3.59. The van der Waals surface area contributed by atoms with E-state index in [0.29, 0.717) is 0 Å². The summed E-state index contributed by atoms with van der Waals surface area (Å²) in [6.07, 6.45) is 0. The zero-order chi connectivity index (χ0) is 33.9. The van der Waals surface area contributed by atoms with E-state index < -0.39 is 5.41 Å². The molecule has 0 spiro atoms. The number of nitrogens with zero attached hydrogens (tertiary/aromatic N) is 1. The van der Waals surface area contributed by atoms with Crippen molar-refractivity contribution in [3.8, 4) is 39.1 Å². The summed E-state index contributed by atoms with van der Waals surface area (Å²) in [5, 5.41) is 2.50. The third-order valence-electron chi connectivity index (χ3n) is 10.8. The van der Waals surface area contributed by atoms with Crippen LogP contribution in [0.5, 0.6) is 0 Å². The lowest BCUT2D eigenvalue weighted by Gasteiger charge is -2.34. The van der Waals surface area contributed by atoms with Gasteiger partial charge in [-0.05, 0) is 80.4 Å². The first-order chi connectivity index (χ1) is 25.2. The highest BCUT2D eigenvalue weighted by molar-refractivity contribution is 9.10. The van der Waals surface area contributed by atoms with Crippen LogP contribution in [0.1, 0.15) is 22.3 Å². The van der Waals surface area contributed by atoms with Gasteiger partial charge in [0.05, 0.1) is 22.1 Å². The standard InChI is InChI=1S/C49H32BrN/c50-37-29-26-33(27-30-37)38-18-7-8-19-39(38)34-28-31-41-40-20-10-12-24-45(40)51(47(41)32-34)46-25-13-23-44-48(46)42-21-9-11-22-43(42)49(44,35-14-3-1-4-15-35)36-16-5-2-6-17-36/h1-32H. The molecule has 0 amide bonds. The minimum absolute atomic E-state index is 0.460. The second-order valence-corrected chi connectivity index (χ2v) is 14.3. The molecule has 240 valence electrons. The Hall–Kier alpha value is -5.96. The molecule has 0 fully saturated rings. The molecule has 0 aliphatic heterocycles. The molecule has 51 heavy (non-hydrogen) atoms. The van der Waals surface area contributed by atoms with Crippen molar-refractivity contribution >= 4 is 37.7 Å². The van der Waals surface area contributed by atoms with Gasteiger partial charge in [-0.2, -0.15) is 0 Å². The highest BCUT2D eigenvalue weighted by Crippen LogP contribution is 2.58. The molecule has 8 aromatic carbocycles. The van der Waals surface area contributed by atoms with Crippen LogP contribution in [-0.2, 0) is 5.41 Å². The lowest BCUT2D eigenvalue weighted by atomic mass is 9.68. The molecule has 1 aliphatic rings. The van der Waals surface area contributed by atoms with Gasteiger partial charge in [0.15, 0.2) is 0 Å². The molecular weight excluding hydrogens is 682 g/mol. The van der Waals surface area contributed by atoms with Crippen LogP contribution in [-0.4, -0.2) is 4.57 Å². The summed E-state index contributed by atoms with van der Waals surface area (Å²) in [4.78, 5) is 0. The van der Waals surface area contributed by atoms with Gasteiger partial charge in [0.1, 0.15) is 0 Å². The second kappa shape index (κ2) is 11.8. The second-order valence-electron chi connectivity index (χ2n) is 13.4. The molecule has 2 heteroatoms. The van der Waals surface area contributed by atoms with Crippen molar-refractivity contribution in [2.24, 2.45) is 0 Å². The van der Waals surface area contributed by atoms with Gasteiger partial charge >= 0.3 is 0 Å². The van der Waals surface area contributed by atoms with E-state index in [-0.39, 0.29) is 0 Å².